The summed E-state index contributed by atoms with van der Waals surface area (Å²) in [6, 6.07) is 1.57. The van der Waals surface area contributed by atoms with Crippen molar-refractivity contribution in [2.45, 2.75) is 24.0 Å². The van der Waals surface area contributed by atoms with E-state index in [9.17, 15) is 31.1 Å². The number of anilines is 1. The van der Waals surface area contributed by atoms with Gasteiger partial charge in [-0.25, -0.2) is 0 Å². The number of hydrogen-bond acceptors (Lipinski definition) is 3. The molecule has 3 nitrogen and oxygen atoms in total. The molecular formula is C14H15CaF6NO2S. The number of alkyl halides is 6. The van der Waals surface area contributed by atoms with Crippen LogP contribution >= 0.6 is 11.8 Å². The predicted molar refractivity (Wildman–Crippen MR) is 85.7 cm³/mol. The van der Waals surface area contributed by atoms with E-state index < -0.39 is 29.4 Å². The number of carbonyl (C=O) groups is 1. The van der Waals surface area contributed by atoms with Crippen LogP contribution in [0.25, 0.3) is 0 Å². The number of aliphatic carboxylic acids is 1. The van der Waals surface area contributed by atoms with Gasteiger partial charge in [-0.15, -0.1) is 11.8 Å². The second-order valence-corrected chi connectivity index (χ2v) is 6.58. The Labute approximate surface area is 173 Å². The van der Waals surface area contributed by atoms with Crippen LogP contribution in [0.2, 0.25) is 0 Å². The Kier molecular flexibility index (Phi) is 7.80. The Hall–Kier alpha value is -0.320. The molecule has 0 spiro atoms. The van der Waals surface area contributed by atoms with Gasteiger partial charge in [0.2, 0.25) is 0 Å². The minimum absolute atomic E-state index is 0. The first-order valence-corrected chi connectivity index (χ1v) is 7.90. The van der Waals surface area contributed by atoms with Crippen LogP contribution in [0.4, 0.5) is 32.0 Å². The predicted octanol–water partition coefficient (Wildman–Crippen LogP) is 3.20. The van der Waals surface area contributed by atoms with Crippen LogP contribution in [0.5, 0.6) is 0 Å². The zero-order chi connectivity index (χ0) is 18.1. The molecule has 25 heavy (non-hydrogen) atoms. The molecule has 1 aromatic carbocycles. The number of benzene rings is 1. The quantitative estimate of drug-likeness (QED) is 0.606. The first kappa shape index (κ1) is 22.7. The normalized spacial score (nSPS) is 18.2. The Morgan fingerprint density at radius 1 is 1.20 bits per heavy atom. The average molecular weight is 415 g/mol. The minimum atomic E-state index is -4.91. The van der Waals surface area contributed by atoms with E-state index in [1.165, 1.54) is 4.90 Å². The summed E-state index contributed by atoms with van der Waals surface area (Å²) in [5, 5.41) is 8.45. The fourth-order valence-electron chi connectivity index (χ4n) is 2.49. The molecule has 11 heteroatoms. The van der Waals surface area contributed by atoms with Crippen molar-refractivity contribution < 1.29 is 36.2 Å². The molecule has 1 N–H and O–H groups in total. The molecule has 1 aromatic rings. The van der Waals surface area contributed by atoms with E-state index >= 15 is 0 Å². The number of halogens is 6. The summed E-state index contributed by atoms with van der Waals surface area (Å²) in [7, 11) is 0. The van der Waals surface area contributed by atoms with Gasteiger partial charge in [-0.05, 0) is 24.6 Å². The van der Waals surface area contributed by atoms with E-state index in [1.807, 2.05) is 0 Å². The van der Waals surface area contributed by atoms with Gasteiger partial charge >= 0.3 is 56.1 Å². The van der Waals surface area contributed by atoms with Gasteiger partial charge in [0.15, 0.2) is 0 Å². The third kappa shape index (κ3) is 6.11. The molecule has 1 heterocycles. The monoisotopic (exact) mass is 415 g/mol. The molecular weight excluding hydrogens is 400 g/mol. The summed E-state index contributed by atoms with van der Waals surface area (Å²) in [5.74, 6) is -1.19. The second kappa shape index (κ2) is 8.58. The molecule has 138 valence electrons. The molecule has 0 amide bonds. The second-order valence-electron chi connectivity index (χ2n) is 5.29. The molecule has 0 bridgehead atoms. The molecule has 0 aliphatic carbocycles. The fraction of sp³-hybridized carbons (Fsp3) is 0.500. The van der Waals surface area contributed by atoms with Crippen LogP contribution in [0, 0.1) is 0 Å². The van der Waals surface area contributed by atoms with Gasteiger partial charge in [0.05, 0.1) is 16.9 Å². The summed E-state index contributed by atoms with van der Waals surface area (Å²) in [6.07, 6.45) is -9.30. The Balaban J connectivity index is 0.00000312. The number of nitrogens with zero attached hydrogens (tertiary/aromatic N) is 1. The molecule has 1 fully saturated rings. The van der Waals surface area contributed by atoms with Crippen molar-refractivity contribution in [2.75, 3.05) is 23.7 Å². The number of thioether (sulfide) groups is 1. The third-order valence-electron chi connectivity index (χ3n) is 3.56. The van der Waals surface area contributed by atoms with Crippen molar-refractivity contribution >= 4 is 61.2 Å². The first-order valence-electron chi connectivity index (χ1n) is 6.85. The topological polar surface area (TPSA) is 40.5 Å². The van der Waals surface area contributed by atoms with E-state index in [-0.39, 0.29) is 73.6 Å². The third-order valence-corrected chi connectivity index (χ3v) is 4.83. The molecule has 0 saturated carbocycles. The van der Waals surface area contributed by atoms with Gasteiger partial charge in [0.1, 0.15) is 0 Å². The maximum atomic E-state index is 13.1. The molecule has 1 unspecified atom stereocenters. The van der Waals surface area contributed by atoms with Crippen LogP contribution in [-0.2, 0) is 17.1 Å². The van der Waals surface area contributed by atoms with Gasteiger partial charge in [0, 0.05) is 24.0 Å². The Morgan fingerprint density at radius 3 is 2.36 bits per heavy atom. The standard InChI is InChI=1S/C14H13F6NO2S.Ca.2H/c15-13(16,17)8-1-2-11(10(5-8)14(18,19)20)21-4-3-9(6-21)24-7-12(22)23;;;/h1-2,5,9H,3-4,6-7H2,(H,22,23);;;. The van der Waals surface area contributed by atoms with Gasteiger partial charge < -0.3 is 10.0 Å². The van der Waals surface area contributed by atoms with E-state index in [1.54, 1.807) is 0 Å². The number of rotatable bonds is 4. The molecule has 0 radical (unpaired) electrons. The van der Waals surface area contributed by atoms with Crippen LogP contribution < -0.4 is 4.90 Å². The summed E-state index contributed by atoms with van der Waals surface area (Å²) in [4.78, 5) is 11.9. The van der Waals surface area contributed by atoms with Crippen molar-refractivity contribution in [3.63, 3.8) is 0 Å². The van der Waals surface area contributed by atoms with Crippen molar-refractivity contribution in [3.05, 3.63) is 29.3 Å². The van der Waals surface area contributed by atoms with Crippen LogP contribution in [0.15, 0.2) is 18.2 Å². The number of carboxylic acid groups (broad SMARTS) is 1. The maximum absolute atomic E-state index is 13.1. The van der Waals surface area contributed by atoms with E-state index in [4.69, 9.17) is 5.11 Å². The van der Waals surface area contributed by atoms with Crippen molar-refractivity contribution in [1.29, 1.82) is 0 Å². The van der Waals surface area contributed by atoms with Crippen molar-refractivity contribution in [2.24, 2.45) is 0 Å². The van der Waals surface area contributed by atoms with E-state index in [2.05, 4.69) is 0 Å². The molecule has 1 aliphatic heterocycles. The summed E-state index contributed by atoms with van der Waals surface area (Å²) >= 11 is 1.11. The number of carboxylic acids is 1. The summed E-state index contributed by atoms with van der Waals surface area (Å²) in [6.45, 7) is 0.387. The van der Waals surface area contributed by atoms with Crippen LogP contribution in [-0.4, -0.2) is 72.9 Å². The Morgan fingerprint density at radius 2 is 1.84 bits per heavy atom. The van der Waals surface area contributed by atoms with Gasteiger partial charge in [-0.1, -0.05) is 0 Å². The summed E-state index contributed by atoms with van der Waals surface area (Å²) < 4.78 is 77.4. The van der Waals surface area contributed by atoms with Gasteiger partial charge in [-0.3, -0.25) is 4.79 Å². The molecule has 1 atom stereocenters. The van der Waals surface area contributed by atoms with E-state index in [0.29, 0.717) is 12.5 Å². The average Bonchev–Trinajstić information content (AvgIpc) is 2.91. The first-order chi connectivity index (χ1) is 11.0. The van der Waals surface area contributed by atoms with Crippen LogP contribution in [0.1, 0.15) is 17.5 Å². The van der Waals surface area contributed by atoms with Crippen molar-refractivity contribution in [3.8, 4) is 0 Å². The van der Waals surface area contributed by atoms with Crippen LogP contribution in [0.3, 0.4) is 0 Å². The van der Waals surface area contributed by atoms with Crippen molar-refractivity contribution in [1.82, 2.24) is 0 Å². The number of hydrogen-bond donors (Lipinski definition) is 1. The molecule has 1 aliphatic rings. The summed E-state index contributed by atoms with van der Waals surface area (Å²) in [5.41, 5.74) is -3.00. The molecule has 0 aromatic heterocycles. The fourth-order valence-corrected chi connectivity index (χ4v) is 3.42. The Bertz CT molecular complexity index is 622. The molecule has 1 saturated heterocycles. The van der Waals surface area contributed by atoms with Gasteiger partial charge in [-0.2, -0.15) is 26.3 Å². The zero-order valence-electron chi connectivity index (χ0n) is 12.1. The van der Waals surface area contributed by atoms with E-state index in [0.717, 1.165) is 17.8 Å². The molecule has 2 rings (SSSR count). The zero-order valence-corrected chi connectivity index (χ0v) is 12.9. The SMILES string of the molecule is O=C(O)CSC1CCN(c2ccc(C(F)(F)F)cc2C(F)(F)F)C1.[CaH2]. The van der Waals surface area contributed by atoms with Gasteiger partial charge in [0.25, 0.3) is 0 Å².